The van der Waals surface area contributed by atoms with Gasteiger partial charge in [-0.25, -0.2) is 0 Å². The lowest BCUT2D eigenvalue weighted by molar-refractivity contribution is -0.0164. The van der Waals surface area contributed by atoms with E-state index < -0.39 is 0 Å². The summed E-state index contributed by atoms with van der Waals surface area (Å²) in [5, 5.41) is 3.65. The molecule has 0 aromatic heterocycles. The lowest BCUT2D eigenvalue weighted by Gasteiger charge is -2.42. The van der Waals surface area contributed by atoms with Gasteiger partial charge in [-0.15, -0.1) is 0 Å². The Balaban J connectivity index is 1.99. The van der Waals surface area contributed by atoms with Crippen molar-refractivity contribution >= 4 is 0 Å². The molecule has 0 spiro atoms. The van der Waals surface area contributed by atoms with Crippen LogP contribution in [-0.4, -0.2) is 49.3 Å². The van der Waals surface area contributed by atoms with Gasteiger partial charge in [-0.05, 0) is 32.4 Å². The van der Waals surface area contributed by atoms with Gasteiger partial charge in [0.2, 0.25) is 0 Å². The van der Waals surface area contributed by atoms with E-state index in [2.05, 4.69) is 24.1 Å². The van der Waals surface area contributed by atoms with Gasteiger partial charge in [0.25, 0.3) is 0 Å². The maximum Gasteiger partial charge on any atom is 0.0637 e. The Bertz CT molecular complexity index is 214. The summed E-state index contributed by atoms with van der Waals surface area (Å²) < 4.78 is 5.72. The molecule has 1 heterocycles. The van der Waals surface area contributed by atoms with Crippen LogP contribution in [0.25, 0.3) is 0 Å². The second-order valence-corrected chi connectivity index (χ2v) is 5.36. The van der Waals surface area contributed by atoms with Crippen molar-refractivity contribution in [1.29, 1.82) is 0 Å². The van der Waals surface area contributed by atoms with Crippen LogP contribution < -0.4 is 5.32 Å². The molecule has 1 aliphatic heterocycles. The van der Waals surface area contributed by atoms with E-state index >= 15 is 0 Å². The first-order chi connectivity index (χ1) is 8.36. The quantitative estimate of drug-likeness (QED) is 0.795. The normalized spacial score (nSPS) is 31.2. The second-order valence-electron chi connectivity index (χ2n) is 5.36. The van der Waals surface area contributed by atoms with Crippen LogP contribution >= 0.6 is 0 Å². The molecule has 17 heavy (non-hydrogen) atoms. The third kappa shape index (κ3) is 3.21. The standard InChI is InChI=1S/C14H28N2O/c1-3-15-13-9-10-17-11-14(13)16(4-2)12-7-5-6-8-12/h12-15H,3-11H2,1-2H3. The van der Waals surface area contributed by atoms with Crippen molar-refractivity contribution in [2.24, 2.45) is 0 Å². The number of nitrogens with one attached hydrogen (secondary N) is 1. The van der Waals surface area contributed by atoms with E-state index in [0.29, 0.717) is 12.1 Å². The van der Waals surface area contributed by atoms with Crippen molar-refractivity contribution in [3.8, 4) is 0 Å². The molecule has 1 aliphatic carbocycles. The van der Waals surface area contributed by atoms with Gasteiger partial charge in [0.05, 0.1) is 6.61 Å². The van der Waals surface area contributed by atoms with Crippen molar-refractivity contribution in [1.82, 2.24) is 10.2 Å². The molecule has 3 heteroatoms. The second kappa shape index (κ2) is 6.72. The highest BCUT2D eigenvalue weighted by Gasteiger charge is 2.34. The highest BCUT2D eigenvalue weighted by molar-refractivity contribution is 4.91. The topological polar surface area (TPSA) is 24.5 Å². The largest absolute Gasteiger partial charge is 0.380 e. The molecule has 0 bridgehead atoms. The molecule has 1 N–H and O–H groups in total. The Morgan fingerprint density at radius 3 is 2.59 bits per heavy atom. The average Bonchev–Trinajstić information content (AvgIpc) is 2.86. The molecule has 100 valence electrons. The SMILES string of the molecule is CCNC1CCOCC1N(CC)C1CCCC1. The summed E-state index contributed by atoms with van der Waals surface area (Å²) in [5.41, 5.74) is 0. The Labute approximate surface area is 106 Å². The molecule has 2 atom stereocenters. The summed E-state index contributed by atoms with van der Waals surface area (Å²) in [6, 6.07) is 2.04. The van der Waals surface area contributed by atoms with E-state index in [4.69, 9.17) is 4.74 Å². The summed E-state index contributed by atoms with van der Waals surface area (Å²) in [6.45, 7) is 8.59. The van der Waals surface area contributed by atoms with Crippen LogP contribution in [0.4, 0.5) is 0 Å². The van der Waals surface area contributed by atoms with Crippen LogP contribution in [-0.2, 0) is 4.74 Å². The first-order valence-electron chi connectivity index (χ1n) is 7.43. The number of hydrogen-bond donors (Lipinski definition) is 1. The van der Waals surface area contributed by atoms with Crippen molar-refractivity contribution in [3.63, 3.8) is 0 Å². The number of rotatable bonds is 5. The minimum Gasteiger partial charge on any atom is -0.380 e. The van der Waals surface area contributed by atoms with Crippen molar-refractivity contribution in [2.75, 3.05) is 26.3 Å². The average molecular weight is 240 g/mol. The summed E-state index contributed by atoms with van der Waals surface area (Å²) >= 11 is 0. The van der Waals surface area contributed by atoms with Crippen LogP contribution in [0.5, 0.6) is 0 Å². The van der Waals surface area contributed by atoms with Gasteiger partial charge in [0.15, 0.2) is 0 Å². The molecule has 0 radical (unpaired) electrons. The lowest BCUT2D eigenvalue weighted by Crippen LogP contribution is -2.57. The fourth-order valence-electron chi connectivity index (χ4n) is 3.55. The summed E-state index contributed by atoms with van der Waals surface area (Å²) in [5.74, 6) is 0. The van der Waals surface area contributed by atoms with E-state index in [0.717, 1.165) is 25.8 Å². The summed E-state index contributed by atoms with van der Waals surface area (Å²) in [7, 11) is 0. The Kier molecular flexibility index (Phi) is 5.26. The number of ether oxygens (including phenoxy) is 1. The Morgan fingerprint density at radius 2 is 1.94 bits per heavy atom. The molecule has 1 saturated heterocycles. The third-order valence-electron chi connectivity index (χ3n) is 4.38. The fourth-order valence-corrected chi connectivity index (χ4v) is 3.55. The molecule has 2 aliphatic rings. The maximum absolute atomic E-state index is 5.72. The van der Waals surface area contributed by atoms with Gasteiger partial charge in [-0.3, -0.25) is 4.90 Å². The van der Waals surface area contributed by atoms with Crippen LogP contribution in [0.3, 0.4) is 0 Å². The number of likely N-dealkylation sites (N-methyl/N-ethyl adjacent to an activating group) is 2. The summed E-state index contributed by atoms with van der Waals surface area (Å²) in [4.78, 5) is 2.71. The van der Waals surface area contributed by atoms with Gasteiger partial charge >= 0.3 is 0 Å². The lowest BCUT2D eigenvalue weighted by atomic mass is 9.99. The molecule has 0 aromatic carbocycles. The minimum absolute atomic E-state index is 0.594. The monoisotopic (exact) mass is 240 g/mol. The Hall–Kier alpha value is -0.120. The minimum atomic E-state index is 0.594. The maximum atomic E-state index is 5.72. The molecule has 2 fully saturated rings. The van der Waals surface area contributed by atoms with Crippen LogP contribution in [0.1, 0.15) is 46.0 Å². The van der Waals surface area contributed by atoms with Gasteiger partial charge in [-0.2, -0.15) is 0 Å². The first kappa shape index (κ1) is 13.3. The van der Waals surface area contributed by atoms with Crippen molar-refractivity contribution in [3.05, 3.63) is 0 Å². The zero-order chi connectivity index (χ0) is 12.1. The zero-order valence-electron chi connectivity index (χ0n) is 11.5. The fraction of sp³-hybridized carbons (Fsp3) is 1.00. The van der Waals surface area contributed by atoms with Gasteiger partial charge < -0.3 is 10.1 Å². The van der Waals surface area contributed by atoms with Crippen LogP contribution in [0.2, 0.25) is 0 Å². The van der Waals surface area contributed by atoms with Crippen LogP contribution in [0.15, 0.2) is 0 Å². The molecule has 0 amide bonds. The molecular formula is C14H28N2O. The van der Waals surface area contributed by atoms with E-state index in [1.165, 1.54) is 38.6 Å². The molecule has 2 rings (SSSR count). The highest BCUT2D eigenvalue weighted by Crippen LogP contribution is 2.27. The highest BCUT2D eigenvalue weighted by atomic mass is 16.5. The molecule has 1 saturated carbocycles. The Morgan fingerprint density at radius 1 is 1.18 bits per heavy atom. The van der Waals surface area contributed by atoms with Gasteiger partial charge in [-0.1, -0.05) is 26.7 Å². The molecule has 2 unspecified atom stereocenters. The molecule has 3 nitrogen and oxygen atoms in total. The molecule has 0 aromatic rings. The van der Waals surface area contributed by atoms with E-state index in [-0.39, 0.29) is 0 Å². The molecular weight excluding hydrogens is 212 g/mol. The number of nitrogens with zero attached hydrogens (tertiary/aromatic N) is 1. The van der Waals surface area contributed by atoms with E-state index in [1.807, 2.05) is 0 Å². The number of hydrogen-bond acceptors (Lipinski definition) is 3. The zero-order valence-corrected chi connectivity index (χ0v) is 11.5. The van der Waals surface area contributed by atoms with Gasteiger partial charge in [0, 0.05) is 24.7 Å². The van der Waals surface area contributed by atoms with Gasteiger partial charge in [0.1, 0.15) is 0 Å². The first-order valence-corrected chi connectivity index (χ1v) is 7.43. The smallest absolute Gasteiger partial charge is 0.0637 e. The predicted octanol–water partition coefficient (Wildman–Crippen LogP) is 2.02. The van der Waals surface area contributed by atoms with E-state index in [1.54, 1.807) is 0 Å². The third-order valence-corrected chi connectivity index (χ3v) is 4.38. The van der Waals surface area contributed by atoms with Crippen molar-refractivity contribution < 1.29 is 4.74 Å². The van der Waals surface area contributed by atoms with Crippen molar-refractivity contribution in [2.45, 2.75) is 64.1 Å². The van der Waals surface area contributed by atoms with Crippen LogP contribution in [0, 0.1) is 0 Å². The van der Waals surface area contributed by atoms with E-state index in [9.17, 15) is 0 Å². The summed E-state index contributed by atoms with van der Waals surface area (Å²) in [6.07, 6.45) is 6.79. The predicted molar refractivity (Wildman–Crippen MR) is 71.3 cm³/mol.